The molecule has 0 spiro atoms. The van der Waals surface area contributed by atoms with Crippen LogP contribution >= 0.6 is 0 Å². The van der Waals surface area contributed by atoms with Gasteiger partial charge in [0.1, 0.15) is 11.6 Å². The van der Waals surface area contributed by atoms with Crippen LogP contribution in [0.4, 0.5) is 4.39 Å². The van der Waals surface area contributed by atoms with Crippen molar-refractivity contribution in [2.24, 2.45) is 0 Å². The van der Waals surface area contributed by atoms with E-state index in [-0.39, 0.29) is 47.6 Å². The number of hydrogen-bond donors (Lipinski definition) is 1. The molecule has 1 aromatic heterocycles. The predicted octanol–water partition coefficient (Wildman–Crippen LogP) is 3.71. The lowest BCUT2D eigenvalue weighted by Crippen LogP contribution is -2.10. The Hall–Kier alpha value is -3.68. The second-order valence-electron chi connectivity index (χ2n) is 6.47. The molecule has 3 aromatic rings. The molecule has 30 heavy (non-hydrogen) atoms. The third-order valence-electron chi connectivity index (χ3n) is 4.42. The Labute approximate surface area is 171 Å². The van der Waals surface area contributed by atoms with Gasteiger partial charge in [0, 0.05) is 17.9 Å². The molecule has 2 aromatic carbocycles. The largest absolute Gasteiger partial charge is 0.494 e. The van der Waals surface area contributed by atoms with Crippen LogP contribution in [0.5, 0.6) is 11.6 Å². The Balaban J connectivity index is 1.92. The summed E-state index contributed by atoms with van der Waals surface area (Å²) in [5.74, 6) is -2.30. The first-order valence-corrected chi connectivity index (χ1v) is 9.30. The van der Waals surface area contributed by atoms with E-state index >= 15 is 0 Å². The number of aromatic nitrogens is 1. The number of halogens is 1. The summed E-state index contributed by atoms with van der Waals surface area (Å²) in [6.07, 6.45) is 0.0600. The van der Waals surface area contributed by atoms with Gasteiger partial charge in [-0.3, -0.25) is 14.4 Å². The molecule has 156 valence electrons. The fraction of sp³-hybridized carbons (Fsp3) is 0.227. The summed E-state index contributed by atoms with van der Waals surface area (Å²) in [5, 5.41) is 10.8. The molecule has 0 atom stereocenters. The second-order valence-corrected chi connectivity index (χ2v) is 6.47. The zero-order chi connectivity index (χ0) is 21.8. The normalized spacial score (nSPS) is 10.8. The van der Waals surface area contributed by atoms with E-state index in [2.05, 4.69) is 0 Å². The van der Waals surface area contributed by atoms with Crippen molar-refractivity contribution in [1.82, 2.24) is 4.57 Å². The maximum absolute atomic E-state index is 13.7. The van der Waals surface area contributed by atoms with Crippen LogP contribution < -0.4 is 4.74 Å². The minimum Gasteiger partial charge on any atom is -0.494 e. The van der Waals surface area contributed by atoms with E-state index in [0.717, 1.165) is 16.7 Å². The lowest BCUT2D eigenvalue weighted by atomic mass is 10.0. The lowest BCUT2D eigenvalue weighted by Gasteiger charge is -2.08. The highest BCUT2D eigenvalue weighted by molar-refractivity contribution is 6.19. The van der Waals surface area contributed by atoms with Crippen LogP contribution in [-0.4, -0.2) is 40.5 Å². The molecule has 0 fully saturated rings. The van der Waals surface area contributed by atoms with Gasteiger partial charge in [0.15, 0.2) is 5.78 Å². The van der Waals surface area contributed by atoms with Crippen LogP contribution in [0.2, 0.25) is 0 Å². The Kier molecular flexibility index (Phi) is 6.15. The van der Waals surface area contributed by atoms with Gasteiger partial charge >= 0.3 is 5.97 Å². The van der Waals surface area contributed by atoms with Crippen molar-refractivity contribution in [2.75, 3.05) is 13.2 Å². The van der Waals surface area contributed by atoms with Crippen molar-refractivity contribution in [2.45, 2.75) is 20.3 Å². The molecule has 0 unspecified atom stereocenters. The summed E-state index contributed by atoms with van der Waals surface area (Å²) >= 11 is 0. The standard InChI is InChI=1S/C22H20FNO6/c1-3-29-19(26)9-10-30-16-6-4-5-14(11-16)21(27)20-17-8-7-15(23)12-18(17)24(13(2)25)22(20)28/h4-8,11-12,28H,3,9-10H2,1-2H3. The van der Waals surface area contributed by atoms with E-state index in [4.69, 9.17) is 9.47 Å². The maximum Gasteiger partial charge on any atom is 0.309 e. The summed E-state index contributed by atoms with van der Waals surface area (Å²) in [6, 6.07) is 9.79. The van der Waals surface area contributed by atoms with Gasteiger partial charge in [-0.15, -0.1) is 0 Å². The number of ether oxygens (including phenoxy) is 2. The minimum absolute atomic E-state index is 0.0600. The first-order valence-electron chi connectivity index (χ1n) is 9.30. The number of fused-ring (bicyclic) bond motifs is 1. The van der Waals surface area contributed by atoms with Crippen molar-refractivity contribution < 1.29 is 33.4 Å². The highest BCUT2D eigenvalue weighted by Crippen LogP contribution is 2.34. The van der Waals surface area contributed by atoms with Crippen LogP contribution in [0, 0.1) is 5.82 Å². The predicted molar refractivity (Wildman–Crippen MR) is 106 cm³/mol. The molecule has 0 aliphatic rings. The van der Waals surface area contributed by atoms with Crippen LogP contribution in [0.25, 0.3) is 10.9 Å². The zero-order valence-corrected chi connectivity index (χ0v) is 16.5. The average Bonchev–Trinajstić information content (AvgIpc) is 2.99. The van der Waals surface area contributed by atoms with E-state index < -0.39 is 23.4 Å². The van der Waals surface area contributed by atoms with Crippen molar-refractivity contribution in [3.63, 3.8) is 0 Å². The topological polar surface area (TPSA) is 94.8 Å². The molecule has 1 N–H and O–H groups in total. The number of rotatable bonds is 7. The first-order chi connectivity index (χ1) is 14.3. The fourth-order valence-corrected chi connectivity index (χ4v) is 3.15. The molecule has 7 nitrogen and oxygen atoms in total. The zero-order valence-electron chi connectivity index (χ0n) is 16.5. The van der Waals surface area contributed by atoms with Gasteiger partial charge in [-0.2, -0.15) is 0 Å². The first kappa shape index (κ1) is 21.0. The Morgan fingerprint density at radius 3 is 2.60 bits per heavy atom. The minimum atomic E-state index is -0.599. The number of carbonyl (C=O) groups excluding carboxylic acids is 3. The van der Waals surface area contributed by atoms with Gasteiger partial charge < -0.3 is 14.6 Å². The Bertz CT molecular complexity index is 1130. The number of nitrogens with zero attached hydrogens (tertiary/aromatic N) is 1. The smallest absolute Gasteiger partial charge is 0.309 e. The van der Waals surface area contributed by atoms with Gasteiger partial charge in [0.05, 0.1) is 30.7 Å². The molecule has 0 aliphatic heterocycles. The quantitative estimate of drug-likeness (QED) is 0.469. The van der Waals surface area contributed by atoms with Crippen molar-refractivity contribution in [3.8, 4) is 11.6 Å². The number of aromatic hydroxyl groups is 1. The molecule has 1 heterocycles. The van der Waals surface area contributed by atoms with Crippen LogP contribution in [0.3, 0.4) is 0 Å². The third-order valence-corrected chi connectivity index (χ3v) is 4.42. The average molecular weight is 413 g/mol. The third kappa shape index (κ3) is 4.17. The monoisotopic (exact) mass is 413 g/mol. The molecule has 0 saturated carbocycles. The Morgan fingerprint density at radius 2 is 1.90 bits per heavy atom. The fourth-order valence-electron chi connectivity index (χ4n) is 3.15. The number of esters is 1. The summed E-state index contributed by atoms with van der Waals surface area (Å²) in [7, 11) is 0. The molecular weight excluding hydrogens is 393 g/mol. The van der Waals surface area contributed by atoms with Gasteiger partial charge in [0.25, 0.3) is 0 Å². The van der Waals surface area contributed by atoms with Crippen molar-refractivity contribution >= 4 is 28.6 Å². The van der Waals surface area contributed by atoms with E-state index in [1.807, 2.05) is 0 Å². The SMILES string of the molecule is CCOC(=O)CCOc1cccc(C(=O)c2c(O)n(C(C)=O)c3cc(F)ccc23)c1. The summed E-state index contributed by atoms with van der Waals surface area (Å²) in [4.78, 5) is 36.5. The van der Waals surface area contributed by atoms with Crippen LogP contribution in [-0.2, 0) is 9.53 Å². The highest BCUT2D eigenvalue weighted by Gasteiger charge is 2.25. The Morgan fingerprint density at radius 1 is 1.13 bits per heavy atom. The molecule has 8 heteroatoms. The molecular formula is C22H20FNO6. The number of benzene rings is 2. The van der Waals surface area contributed by atoms with Crippen LogP contribution in [0.1, 0.15) is 41.0 Å². The van der Waals surface area contributed by atoms with Gasteiger partial charge in [-0.05, 0) is 37.3 Å². The van der Waals surface area contributed by atoms with Gasteiger partial charge in [-0.25, -0.2) is 8.96 Å². The van der Waals surface area contributed by atoms with E-state index in [0.29, 0.717) is 5.75 Å². The summed E-state index contributed by atoms with van der Waals surface area (Å²) < 4.78 is 24.9. The molecule has 0 radical (unpaired) electrons. The molecule has 0 bridgehead atoms. The van der Waals surface area contributed by atoms with E-state index in [1.165, 1.54) is 25.1 Å². The lowest BCUT2D eigenvalue weighted by molar-refractivity contribution is -0.143. The maximum atomic E-state index is 13.7. The molecule has 3 rings (SSSR count). The summed E-state index contributed by atoms with van der Waals surface area (Å²) in [5.41, 5.74) is 0.194. The van der Waals surface area contributed by atoms with Gasteiger partial charge in [0.2, 0.25) is 11.8 Å². The molecule has 0 amide bonds. The number of hydrogen-bond acceptors (Lipinski definition) is 6. The van der Waals surface area contributed by atoms with Crippen molar-refractivity contribution in [3.05, 3.63) is 59.4 Å². The highest BCUT2D eigenvalue weighted by atomic mass is 19.1. The second kappa shape index (κ2) is 8.77. The van der Waals surface area contributed by atoms with Crippen LogP contribution in [0.15, 0.2) is 42.5 Å². The van der Waals surface area contributed by atoms with Gasteiger partial charge in [-0.1, -0.05) is 12.1 Å². The number of ketones is 1. The van der Waals surface area contributed by atoms with E-state index in [9.17, 15) is 23.9 Å². The van der Waals surface area contributed by atoms with E-state index in [1.54, 1.807) is 19.1 Å². The molecule has 0 saturated heterocycles. The molecule has 0 aliphatic carbocycles. The number of carbonyl (C=O) groups is 3. The van der Waals surface area contributed by atoms with Crippen molar-refractivity contribution in [1.29, 1.82) is 0 Å². The summed E-state index contributed by atoms with van der Waals surface area (Å²) in [6.45, 7) is 3.27.